The first-order chi connectivity index (χ1) is 14.7. The maximum Gasteiger partial charge on any atom is 0.434 e. The number of hydrogen-bond acceptors (Lipinski definition) is 6. The number of carbonyl (C=O) groups excluding carboxylic acids is 1. The van der Waals surface area contributed by atoms with Crippen LogP contribution in [0.3, 0.4) is 0 Å². The molecule has 164 valence electrons. The molecule has 0 aliphatic rings. The van der Waals surface area contributed by atoms with E-state index in [4.69, 9.17) is 9.47 Å². The van der Waals surface area contributed by atoms with Crippen LogP contribution in [0.5, 0.6) is 11.6 Å². The second-order valence-electron chi connectivity index (χ2n) is 6.26. The molecule has 3 rings (SSSR count). The van der Waals surface area contributed by atoms with E-state index < -0.39 is 29.2 Å². The molecule has 0 unspecified atom stereocenters. The van der Waals surface area contributed by atoms with Crippen LogP contribution in [-0.4, -0.2) is 58.1 Å². The molecule has 0 aliphatic heterocycles. The van der Waals surface area contributed by atoms with Crippen molar-refractivity contribution in [3.8, 4) is 17.4 Å². The van der Waals surface area contributed by atoms with Crippen LogP contribution in [0.1, 0.15) is 16.1 Å². The summed E-state index contributed by atoms with van der Waals surface area (Å²) in [5, 5.41) is 10.9. The van der Waals surface area contributed by atoms with E-state index in [1.165, 1.54) is 44.5 Å². The number of methoxy groups -OCH3 is 1. The predicted molar refractivity (Wildman–Crippen MR) is 99.6 cm³/mol. The molecule has 0 atom stereocenters. The maximum atomic E-state index is 13.7. The number of likely N-dealkylation sites (N-methyl/N-ethyl adjacent to an activating group) is 1. The molecule has 8 nitrogen and oxygen atoms in total. The number of para-hydroxylation sites is 1. The van der Waals surface area contributed by atoms with Gasteiger partial charge < -0.3 is 14.4 Å². The highest BCUT2D eigenvalue weighted by Crippen LogP contribution is 2.33. The van der Waals surface area contributed by atoms with Crippen molar-refractivity contribution in [3.63, 3.8) is 0 Å². The summed E-state index contributed by atoms with van der Waals surface area (Å²) in [5.41, 5.74) is -1.96. The van der Waals surface area contributed by atoms with Gasteiger partial charge in [0.15, 0.2) is 23.1 Å². The highest BCUT2D eigenvalue weighted by Gasteiger charge is 2.41. The third-order valence-corrected chi connectivity index (χ3v) is 4.19. The first-order valence-electron chi connectivity index (χ1n) is 8.88. The summed E-state index contributed by atoms with van der Waals surface area (Å²) >= 11 is 0. The maximum absolute atomic E-state index is 13.7. The number of alkyl halides is 3. The van der Waals surface area contributed by atoms with Crippen LogP contribution in [-0.2, 0) is 6.18 Å². The molecule has 0 N–H and O–H groups in total. The van der Waals surface area contributed by atoms with Gasteiger partial charge in [0, 0.05) is 13.1 Å². The second kappa shape index (κ2) is 8.98. The summed E-state index contributed by atoms with van der Waals surface area (Å²) in [5.74, 6) is -1.67. The first-order valence-corrected chi connectivity index (χ1v) is 8.88. The van der Waals surface area contributed by atoms with Crippen molar-refractivity contribution in [2.45, 2.75) is 6.18 Å². The van der Waals surface area contributed by atoms with Crippen LogP contribution in [0.25, 0.3) is 5.82 Å². The van der Waals surface area contributed by atoms with Gasteiger partial charge in [-0.3, -0.25) is 4.79 Å². The second-order valence-corrected chi connectivity index (χ2v) is 6.26. The Morgan fingerprint density at radius 3 is 2.52 bits per heavy atom. The SMILES string of the molecule is COc1ccc(-n2ncc(C(=O)N(C)CCOc3ccccc3F)c2C(F)(F)F)nn1. The van der Waals surface area contributed by atoms with Gasteiger partial charge in [-0.05, 0) is 18.2 Å². The van der Waals surface area contributed by atoms with E-state index in [0.29, 0.717) is 4.68 Å². The van der Waals surface area contributed by atoms with E-state index in [-0.39, 0.29) is 30.6 Å². The third kappa shape index (κ3) is 4.90. The Labute approximate surface area is 174 Å². The van der Waals surface area contributed by atoms with E-state index in [1.807, 2.05) is 0 Å². The van der Waals surface area contributed by atoms with Gasteiger partial charge in [0.25, 0.3) is 5.91 Å². The minimum atomic E-state index is -4.90. The van der Waals surface area contributed by atoms with Gasteiger partial charge >= 0.3 is 6.18 Å². The highest BCUT2D eigenvalue weighted by atomic mass is 19.4. The average Bonchev–Trinajstić information content (AvgIpc) is 3.20. The molecule has 1 amide bonds. The molecular weight excluding hydrogens is 422 g/mol. The lowest BCUT2D eigenvalue weighted by molar-refractivity contribution is -0.143. The molecule has 12 heteroatoms. The summed E-state index contributed by atoms with van der Waals surface area (Å²) in [6.07, 6.45) is -4.08. The number of ether oxygens (including phenoxy) is 2. The summed E-state index contributed by atoms with van der Waals surface area (Å²) in [6.45, 7) is -0.208. The van der Waals surface area contributed by atoms with Crippen LogP contribution in [0.15, 0.2) is 42.6 Å². The molecule has 0 spiro atoms. The average molecular weight is 439 g/mol. The van der Waals surface area contributed by atoms with Crippen molar-refractivity contribution in [1.29, 1.82) is 0 Å². The van der Waals surface area contributed by atoms with Crippen LogP contribution in [0.4, 0.5) is 17.6 Å². The molecule has 0 radical (unpaired) electrons. The Balaban J connectivity index is 1.79. The number of hydrogen-bond donors (Lipinski definition) is 0. The lowest BCUT2D eigenvalue weighted by Gasteiger charge is -2.18. The Bertz CT molecular complexity index is 1050. The van der Waals surface area contributed by atoms with Crippen molar-refractivity contribution in [2.75, 3.05) is 27.3 Å². The van der Waals surface area contributed by atoms with E-state index in [0.717, 1.165) is 11.1 Å². The molecule has 1 aromatic carbocycles. The molecule has 0 aliphatic carbocycles. The normalized spacial score (nSPS) is 11.3. The molecule has 0 fully saturated rings. The quantitative estimate of drug-likeness (QED) is 0.527. The van der Waals surface area contributed by atoms with Crippen molar-refractivity contribution in [3.05, 3.63) is 59.7 Å². The molecule has 2 aromatic heterocycles. The first kappa shape index (κ1) is 22.0. The monoisotopic (exact) mass is 439 g/mol. The van der Waals surface area contributed by atoms with Gasteiger partial charge in [-0.25, -0.2) is 9.07 Å². The number of benzene rings is 1. The van der Waals surface area contributed by atoms with Gasteiger partial charge in [0.1, 0.15) is 6.61 Å². The van der Waals surface area contributed by atoms with Gasteiger partial charge in [0.2, 0.25) is 5.88 Å². The summed E-state index contributed by atoms with van der Waals surface area (Å²) in [4.78, 5) is 13.7. The molecule has 0 saturated carbocycles. The zero-order chi connectivity index (χ0) is 22.6. The zero-order valence-corrected chi connectivity index (χ0v) is 16.4. The van der Waals surface area contributed by atoms with E-state index >= 15 is 0 Å². The molecular formula is C19H17F4N5O3. The fraction of sp³-hybridized carbons (Fsp3) is 0.263. The molecule has 2 heterocycles. The lowest BCUT2D eigenvalue weighted by atomic mass is 10.2. The summed E-state index contributed by atoms with van der Waals surface area (Å²) < 4.78 is 65.4. The molecule has 3 aromatic rings. The van der Waals surface area contributed by atoms with Gasteiger partial charge in [0.05, 0.1) is 25.4 Å². The predicted octanol–water partition coefficient (Wildman–Crippen LogP) is 2.98. The van der Waals surface area contributed by atoms with Crippen molar-refractivity contribution in [1.82, 2.24) is 24.9 Å². The van der Waals surface area contributed by atoms with Crippen molar-refractivity contribution >= 4 is 5.91 Å². The number of carbonyl (C=O) groups is 1. The van der Waals surface area contributed by atoms with Gasteiger partial charge in [-0.2, -0.15) is 18.3 Å². The van der Waals surface area contributed by atoms with E-state index in [2.05, 4.69) is 15.3 Å². The summed E-state index contributed by atoms with van der Waals surface area (Å²) in [7, 11) is 2.64. The zero-order valence-electron chi connectivity index (χ0n) is 16.4. The van der Waals surface area contributed by atoms with Crippen LogP contribution in [0.2, 0.25) is 0 Å². The van der Waals surface area contributed by atoms with Crippen molar-refractivity contribution in [2.24, 2.45) is 0 Å². The lowest BCUT2D eigenvalue weighted by Crippen LogP contribution is -2.32. The standard InChI is InChI=1S/C19H17F4N5O3/c1-27(9-10-31-14-6-4-3-5-13(14)20)18(29)12-11-24-28(17(12)19(21,22)23)15-7-8-16(30-2)26-25-15/h3-8,11H,9-10H2,1-2H3. The number of aromatic nitrogens is 4. The number of halogens is 4. The van der Waals surface area contributed by atoms with Crippen LogP contribution in [0, 0.1) is 5.82 Å². The Kier molecular flexibility index (Phi) is 6.37. The Morgan fingerprint density at radius 1 is 1.16 bits per heavy atom. The highest BCUT2D eigenvalue weighted by molar-refractivity contribution is 5.95. The fourth-order valence-corrected chi connectivity index (χ4v) is 2.65. The third-order valence-electron chi connectivity index (χ3n) is 4.19. The van der Waals surface area contributed by atoms with E-state index in [9.17, 15) is 22.4 Å². The van der Waals surface area contributed by atoms with Crippen LogP contribution >= 0.6 is 0 Å². The van der Waals surface area contributed by atoms with Crippen LogP contribution < -0.4 is 9.47 Å². The van der Waals surface area contributed by atoms with E-state index in [1.54, 1.807) is 6.07 Å². The number of amides is 1. The molecule has 31 heavy (non-hydrogen) atoms. The Hall–Kier alpha value is -3.70. The Morgan fingerprint density at radius 2 is 1.90 bits per heavy atom. The summed E-state index contributed by atoms with van der Waals surface area (Å²) in [6, 6.07) is 8.21. The number of nitrogens with zero attached hydrogens (tertiary/aromatic N) is 5. The topological polar surface area (TPSA) is 82.4 Å². The van der Waals surface area contributed by atoms with Gasteiger partial charge in [-0.1, -0.05) is 12.1 Å². The largest absolute Gasteiger partial charge is 0.489 e. The van der Waals surface area contributed by atoms with Gasteiger partial charge in [-0.15, -0.1) is 10.2 Å². The minimum Gasteiger partial charge on any atom is -0.489 e. The number of rotatable bonds is 7. The molecule has 0 saturated heterocycles. The van der Waals surface area contributed by atoms with Crippen molar-refractivity contribution < 1.29 is 31.8 Å². The molecule has 0 bridgehead atoms. The minimum absolute atomic E-state index is 0.0229. The fourth-order valence-electron chi connectivity index (χ4n) is 2.65. The smallest absolute Gasteiger partial charge is 0.434 e.